The van der Waals surface area contributed by atoms with E-state index in [-0.39, 0.29) is 10.4 Å². The number of pyridine rings is 1. The second kappa shape index (κ2) is 4.36. The average Bonchev–Trinajstić information content (AvgIpc) is 2.66. The first-order valence-electron chi connectivity index (χ1n) is 4.77. The van der Waals surface area contributed by atoms with Crippen molar-refractivity contribution in [1.82, 2.24) is 9.13 Å². The summed E-state index contributed by atoms with van der Waals surface area (Å²) in [6.07, 6.45) is 3.30. The second-order valence-corrected chi connectivity index (χ2v) is 4.21. The molecule has 2 aromatic rings. The molecule has 0 bridgehead atoms. The van der Waals surface area contributed by atoms with Crippen LogP contribution in [0.3, 0.4) is 0 Å². The fourth-order valence-electron chi connectivity index (χ4n) is 1.40. The largest absolute Gasteiger partial charge is 0.398 e. The highest BCUT2D eigenvalue weighted by Gasteiger charge is 1.99. The van der Waals surface area contributed by atoms with Crippen molar-refractivity contribution in [2.45, 2.75) is 13.1 Å². The maximum Gasteiger partial charge on any atom is 0.307 e. The van der Waals surface area contributed by atoms with Gasteiger partial charge in [0.25, 0.3) is 5.56 Å². The zero-order chi connectivity index (χ0) is 11.5. The van der Waals surface area contributed by atoms with Crippen molar-refractivity contribution in [3.8, 4) is 0 Å². The molecular formula is C10H11N3O2S. The third kappa shape index (κ3) is 2.22. The Bertz CT molecular complexity index is 596. The molecule has 16 heavy (non-hydrogen) atoms. The van der Waals surface area contributed by atoms with Gasteiger partial charge in [-0.1, -0.05) is 11.3 Å². The van der Waals surface area contributed by atoms with Gasteiger partial charge in [-0.25, -0.2) is 0 Å². The summed E-state index contributed by atoms with van der Waals surface area (Å²) in [6.45, 7) is 0.923. The maximum atomic E-state index is 11.4. The van der Waals surface area contributed by atoms with Crippen LogP contribution in [0.15, 0.2) is 39.5 Å². The molecule has 0 saturated heterocycles. The highest BCUT2D eigenvalue weighted by atomic mass is 32.1. The smallest absolute Gasteiger partial charge is 0.307 e. The Morgan fingerprint density at radius 1 is 1.19 bits per heavy atom. The van der Waals surface area contributed by atoms with Gasteiger partial charge in [0.15, 0.2) is 0 Å². The van der Waals surface area contributed by atoms with Crippen LogP contribution in [-0.2, 0) is 13.1 Å². The molecule has 0 atom stereocenters. The minimum atomic E-state index is -0.113. The molecule has 0 aliphatic carbocycles. The van der Waals surface area contributed by atoms with Crippen LogP contribution in [0.5, 0.6) is 0 Å². The molecule has 84 valence electrons. The van der Waals surface area contributed by atoms with Crippen LogP contribution in [0, 0.1) is 0 Å². The van der Waals surface area contributed by atoms with Crippen molar-refractivity contribution < 1.29 is 0 Å². The fraction of sp³-hybridized carbons (Fsp3) is 0.200. The van der Waals surface area contributed by atoms with Crippen molar-refractivity contribution in [3.63, 3.8) is 0 Å². The second-order valence-electron chi connectivity index (χ2n) is 3.36. The SMILES string of the molecule is Nc1ccc(=O)n(CCn2ccsc2=O)c1. The molecule has 5 nitrogen and oxygen atoms in total. The van der Waals surface area contributed by atoms with Gasteiger partial charge < -0.3 is 14.9 Å². The summed E-state index contributed by atoms with van der Waals surface area (Å²) in [5, 5.41) is 1.73. The van der Waals surface area contributed by atoms with Gasteiger partial charge in [0.1, 0.15) is 0 Å². The van der Waals surface area contributed by atoms with Crippen LogP contribution in [0.4, 0.5) is 5.69 Å². The highest BCUT2D eigenvalue weighted by Crippen LogP contribution is 1.97. The van der Waals surface area contributed by atoms with Crippen molar-refractivity contribution in [1.29, 1.82) is 0 Å². The third-order valence-corrected chi connectivity index (χ3v) is 2.93. The molecule has 0 unspecified atom stereocenters. The van der Waals surface area contributed by atoms with Crippen LogP contribution >= 0.6 is 11.3 Å². The van der Waals surface area contributed by atoms with Crippen molar-refractivity contribution in [2.75, 3.05) is 5.73 Å². The molecule has 0 radical (unpaired) electrons. The van der Waals surface area contributed by atoms with Crippen LogP contribution in [0.1, 0.15) is 0 Å². The summed E-state index contributed by atoms with van der Waals surface area (Å²) in [5.74, 6) is 0. The number of nitrogen functional groups attached to an aromatic ring is 1. The zero-order valence-corrected chi connectivity index (χ0v) is 9.31. The summed E-state index contributed by atoms with van der Waals surface area (Å²) in [5.41, 5.74) is 6.01. The maximum absolute atomic E-state index is 11.4. The number of aromatic nitrogens is 2. The minimum absolute atomic E-state index is 0.0167. The number of anilines is 1. The Kier molecular flexibility index (Phi) is 2.91. The van der Waals surface area contributed by atoms with Gasteiger partial charge in [0.05, 0.1) is 0 Å². The van der Waals surface area contributed by atoms with Gasteiger partial charge in [0.2, 0.25) is 0 Å². The first-order chi connectivity index (χ1) is 7.66. The molecule has 2 aromatic heterocycles. The van der Waals surface area contributed by atoms with Gasteiger partial charge in [-0.05, 0) is 6.07 Å². The topological polar surface area (TPSA) is 70.0 Å². The normalized spacial score (nSPS) is 10.5. The standard InChI is InChI=1S/C10H11N3O2S/c11-8-1-2-9(14)13(7-8)4-3-12-5-6-16-10(12)15/h1-2,5-7H,3-4,11H2. The van der Waals surface area contributed by atoms with E-state index in [0.29, 0.717) is 18.8 Å². The monoisotopic (exact) mass is 237 g/mol. The molecule has 0 spiro atoms. The van der Waals surface area contributed by atoms with Crippen LogP contribution in [-0.4, -0.2) is 9.13 Å². The molecule has 0 saturated carbocycles. The fourth-order valence-corrected chi connectivity index (χ4v) is 2.01. The van der Waals surface area contributed by atoms with Gasteiger partial charge >= 0.3 is 4.87 Å². The van der Waals surface area contributed by atoms with E-state index in [4.69, 9.17) is 5.73 Å². The van der Waals surface area contributed by atoms with E-state index < -0.39 is 0 Å². The number of nitrogens with zero attached hydrogens (tertiary/aromatic N) is 2. The Labute approximate surface area is 95.4 Å². The van der Waals surface area contributed by atoms with E-state index >= 15 is 0 Å². The number of thiazole rings is 1. The van der Waals surface area contributed by atoms with E-state index in [0.717, 1.165) is 11.3 Å². The summed E-state index contributed by atoms with van der Waals surface area (Å²) in [4.78, 5) is 22.7. The van der Waals surface area contributed by atoms with E-state index in [1.165, 1.54) is 10.6 Å². The lowest BCUT2D eigenvalue weighted by Gasteiger charge is -2.06. The number of rotatable bonds is 3. The summed E-state index contributed by atoms with van der Waals surface area (Å²) in [6, 6.07) is 2.99. The van der Waals surface area contributed by atoms with Crippen molar-refractivity contribution in [3.05, 3.63) is 49.9 Å². The highest BCUT2D eigenvalue weighted by molar-refractivity contribution is 7.07. The molecule has 0 aliphatic rings. The average molecular weight is 237 g/mol. The lowest BCUT2D eigenvalue weighted by atomic mass is 10.4. The number of aryl methyl sites for hydroxylation is 2. The van der Waals surface area contributed by atoms with Crippen LogP contribution < -0.4 is 16.2 Å². The zero-order valence-electron chi connectivity index (χ0n) is 8.50. The molecule has 2 rings (SSSR count). The molecule has 6 heteroatoms. The lowest BCUT2D eigenvalue weighted by Crippen LogP contribution is -2.23. The Balaban J connectivity index is 2.16. The van der Waals surface area contributed by atoms with Gasteiger partial charge in [-0.3, -0.25) is 9.59 Å². The molecular weight excluding hydrogens is 226 g/mol. The first-order valence-corrected chi connectivity index (χ1v) is 5.65. The van der Waals surface area contributed by atoms with E-state index in [9.17, 15) is 9.59 Å². The molecule has 0 amide bonds. The predicted molar refractivity (Wildman–Crippen MR) is 63.7 cm³/mol. The van der Waals surface area contributed by atoms with E-state index in [1.54, 1.807) is 28.4 Å². The Morgan fingerprint density at radius 3 is 2.62 bits per heavy atom. The first kappa shape index (κ1) is 10.7. The lowest BCUT2D eigenvalue weighted by molar-refractivity contribution is 0.561. The number of hydrogen-bond acceptors (Lipinski definition) is 4. The quantitative estimate of drug-likeness (QED) is 0.837. The number of nitrogens with two attached hydrogens (primary N) is 1. The van der Waals surface area contributed by atoms with Gasteiger partial charge in [0, 0.05) is 42.6 Å². The molecule has 0 aromatic carbocycles. The third-order valence-electron chi connectivity index (χ3n) is 2.23. The minimum Gasteiger partial charge on any atom is -0.398 e. The predicted octanol–water partition coefficient (Wildman–Crippen LogP) is 0.354. The Hall–Kier alpha value is -1.82. The molecule has 2 N–H and O–H groups in total. The molecule has 0 fully saturated rings. The van der Waals surface area contributed by atoms with Crippen LogP contribution in [0.2, 0.25) is 0 Å². The van der Waals surface area contributed by atoms with E-state index in [1.807, 2.05) is 0 Å². The Morgan fingerprint density at radius 2 is 1.94 bits per heavy atom. The van der Waals surface area contributed by atoms with E-state index in [2.05, 4.69) is 0 Å². The van der Waals surface area contributed by atoms with Gasteiger partial charge in [-0.15, -0.1) is 0 Å². The van der Waals surface area contributed by atoms with Gasteiger partial charge in [-0.2, -0.15) is 0 Å². The van der Waals surface area contributed by atoms with Crippen molar-refractivity contribution >= 4 is 17.0 Å². The van der Waals surface area contributed by atoms with Crippen LogP contribution in [0.25, 0.3) is 0 Å². The molecule has 2 heterocycles. The number of hydrogen-bond donors (Lipinski definition) is 1. The summed E-state index contributed by atoms with van der Waals surface area (Å²) in [7, 11) is 0. The summed E-state index contributed by atoms with van der Waals surface area (Å²) >= 11 is 1.14. The molecule has 0 aliphatic heterocycles. The summed E-state index contributed by atoms with van der Waals surface area (Å²) < 4.78 is 3.07. The van der Waals surface area contributed by atoms with Crippen molar-refractivity contribution in [2.24, 2.45) is 0 Å².